The first kappa shape index (κ1) is 20.6. The van der Waals surface area contributed by atoms with Gasteiger partial charge in [0.05, 0.1) is 30.1 Å². The molecule has 0 aliphatic carbocycles. The Balaban J connectivity index is 1.76. The Morgan fingerprint density at radius 1 is 0.968 bits per heavy atom. The summed E-state index contributed by atoms with van der Waals surface area (Å²) >= 11 is 6.02. The molecule has 1 aliphatic heterocycles. The molecule has 4 rings (SSSR count). The lowest BCUT2D eigenvalue weighted by Crippen LogP contribution is -2.32. The topological polar surface area (TPSA) is 71.5 Å². The van der Waals surface area contributed by atoms with Crippen LogP contribution in [0.5, 0.6) is 5.75 Å². The summed E-state index contributed by atoms with van der Waals surface area (Å²) in [7, 11) is 0. The minimum absolute atomic E-state index is 0.0773. The maximum atomic E-state index is 13.3. The SMILES string of the molecule is CCOc1ccccc1NC1=C(c2ccc(Cl)cc2)C(=O)N(Cc2ccccn2)C1=O. The third kappa shape index (κ3) is 4.29. The van der Waals surface area contributed by atoms with E-state index in [4.69, 9.17) is 16.3 Å². The van der Waals surface area contributed by atoms with E-state index >= 15 is 0 Å². The van der Waals surface area contributed by atoms with E-state index in [1.165, 1.54) is 4.90 Å². The van der Waals surface area contributed by atoms with E-state index in [-0.39, 0.29) is 17.8 Å². The highest BCUT2D eigenvalue weighted by Gasteiger charge is 2.39. The van der Waals surface area contributed by atoms with Gasteiger partial charge in [-0.1, -0.05) is 41.9 Å². The van der Waals surface area contributed by atoms with Gasteiger partial charge in [0.2, 0.25) is 0 Å². The number of hydrogen-bond acceptors (Lipinski definition) is 5. The number of benzene rings is 2. The first-order valence-corrected chi connectivity index (χ1v) is 10.2. The minimum atomic E-state index is -0.424. The molecular formula is C24H20ClN3O3. The molecule has 1 N–H and O–H groups in total. The van der Waals surface area contributed by atoms with E-state index in [2.05, 4.69) is 10.3 Å². The lowest BCUT2D eigenvalue weighted by molar-refractivity contribution is -0.137. The van der Waals surface area contributed by atoms with E-state index in [0.29, 0.717) is 34.3 Å². The molecule has 0 radical (unpaired) electrons. The van der Waals surface area contributed by atoms with Gasteiger partial charge in [-0.05, 0) is 48.9 Å². The molecule has 0 fully saturated rings. The van der Waals surface area contributed by atoms with Crippen molar-refractivity contribution in [3.8, 4) is 5.75 Å². The Hall–Kier alpha value is -3.64. The molecule has 1 aliphatic rings. The summed E-state index contributed by atoms with van der Waals surface area (Å²) < 4.78 is 5.67. The monoisotopic (exact) mass is 433 g/mol. The van der Waals surface area contributed by atoms with Crippen LogP contribution in [0, 0.1) is 0 Å². The van der Waals surface area contributed by atoms with Gasteiger partial charge in [0.1, 0.15) is 11.4 Å². The van der Waals surface area contributed by atoms with Crippen LogP contribution in [0.2, 0.25) is 5.02 Å². The molecule has 31 heavy (non-hydrogen) atoms. The van der Waals surface area contributed by atoms with Crippen molar-refractivity contribution in [2.24, 2.45) is 0 Å². The van der Waals surface area contributed by atoms with E-state index in [1.807, 2.05) is 25.1 Å². The Morgan fingerprint density at radius 2 is 1.71 bits per heavy atom. The number of hydrogen-bond donors (Lipinski definition) is 1. The second-order valence-corrected chi connectivity index (χ2v) is 7.27. The van der Waals surface area contributed by atoms with Crippen LogP contribution >= 0.6 is 11.6 Å². The summed E-state index contributed by atoms with van der Waals surface area (Å²) in [5.41, 5.74) is 2.30. The van der Waals surface area contributed by atoms with E-state index in [9.17, 15) is 9.59 Å². The predicted octanol–water partition coefficient (Wildman–Crippen LogP) is 4.53. The Morgan fingerprint density at radius 3 is 2.42 bits per heavy atom. The van der Waals surface area contributed by atoms with Gasteiger partial charge in [0, 0.05) is 11.2 Å². The zero-order chi connectivity index (χ0) is 21.8. The number of rotatable bonds is 7. The van der Waals surface area contributed by atoms with E-state index < -0.39 is 11.8 Å². The van der Waals surface area contributed by atoms with Crippen molar-refractivity contribution in [3.63, 3.8) is 0 Å². The second-order valence-electron chi connectivity index (χ2n) is 6.83. The van der Waals surface area contributed by atoms with Crippen molar-refractivity contribution in [1.29, 1.82) is 0 Å². The first-order valence-electron chi connectivity index (χ1n) is 9.83. The van der Waals surface area contributed by atoms with Crippen LogP contribution in [0.15, 0.2) is 78.6 Å². The van der Waals surface area contributed by atoms with Crippen molar-refractivity contribution in [2.45, 2.75) is 13.5 Å². The van der Waals surface area contributed by atoms with Gasteiger partial charge in [-0.3, -0.25) is 19.5 Å². The van der Waals surface area contributed by atoms with Crippen molar-refractivity contribution in [3.05, 3.63) is 94.9 Å². The number of nitrogens with one attached hydrogen (secondary N) is 1. The largest absolute Gasteiger partial charge is 0.492 e. The Bertz CT molecular complexity index is 1140. The minimum Gasteiger partial charge on any atom is -0.492 e. The quantitative estimate of drug-likeness (QED) is 0.554. The number of amides is 2. The normalized spacial score (nSPS) is 13.7. The number of anilines is 1. The van der Waals surface area contributed by atoms with Gasteiger partial charge in [-0.2, -0.15) is 0 Å². The van der Waals surface area contributed by atoms with Gasteiger partial charge in [0.25, 0.3) is 11.8 Å². The average Bonchev–Trinajstić information content (AvgIpc) is 3.01. The predicted molar refractivity (Wildman–Crippen MR) is 119 cm³/mol. The third-order valence-corrected chi connectivity index (χ3v) is 5.05. The standard InChI is InChI=1S/C24H20ClN3O3/c1-2-31-20-9-4-3-8-19(20)27-22-21(16-10-12-17(25)13-11-16)23(29)28(24(22)30)15-18-7-5-6-14-26-18/h3-14,27H,2,15H2,1H3. The molecule has 0 saturated carbocycles. The first-order chi connectivity index (χ1) is 15.1. The van der Waals surface area contributed by atoms with Gasteiger partial charge >= 0.3 is 0 Å². The third-order valence-electron chi connectivity index (χ3n) is 4.79. The summed E-state index contributed by atoms with van der Waals surface area (Å²) in [4.78, 5) is 32.1. The average molecular weight is 434 g/mol. The van der Waals surface area contributed by atoms with Gasteiger partial charge in [-0.25, -0.2) is 0 Å². The molecule has 7 heteroatoms. The number of carbonyl (C=O) groups excluding carboxylic acids is 2. The molecule has 156 valence electrons. The fourth-order valence-corrected chi connectivity index (χ4v) is 3.49. The van der Waals surface area contributed by atoms with Gasteiger partial charge < -0.3 is 10.1 Å². The van der Waals surface area contributed by atoms with E-state index in [1.54, 1.807) is 54.7 Å². The van der Waals surface area contributed by atoms with Crippen molar-refractivity contribution < 1.29 is 14.3 Å². The summed E-state index contributed by atoms with van der Waals surface area (Å²) in [6, 6.07) is 19.5. The van der Waals surface area contributed by atoms with Crippen molar-refractivity contribution in [1.82, 2.24) is 9.88 Å². The van der Waals surface area contributed by atoms with E-state index in [0.717, 1.165) is 0 Å². The molecule has 2 aromatic carbocycles. The van der Waals surface area contributed by atoms with Crippen LogP contribution in [-0.4, -0.2) is 28.3 Å². The molecule has 0 unspecified atom stereocenters. The highest BCUT2D eigenvalue weighted by Crippen LogP contribution is 2.34. The van der Waals surface area contributed by atoms with Crippen LogP contribution in [-0.2, 0) is 16.1 Å². The molecule has 6 nitrogen and oxygen atoms in total. The molecule has 0 atom stereocenters. The number of imide groups is 1. The van der Waals surface area contributed by atoms with Crippen molar-refractivity contribution >= 4 is 34.7 Å². The molecule has 2 amide bonds. The second kappa shape index (κ2) is 9.02. The van der Waals surface area contributed by atoms with Crippen LogP contribution < -0.4 is 10.1 Å². The number of aromatic nitrogens is 1. The van der Waals surface area contributed by atoms with Gasteiger partial charge in [0.15, 0.2) is 0 Å². The summed E-state index contributed by atoms with van der Waals surface area (Å²) in [5, 5.41) is 3.69. The molecular weight excluding hydrogens is 414 g/mol. The number of nitrogens with zero attached hydrogens (tertiary/aromatic N) is 2. The van der Waals surface area contributed by atoms with Gasteiger partial charge in [-0.15, -0.1) is 0 Å². The number of ether oxygens (including phenoxy) is 1. The van der Waals surface area contributed by atoms with Crippen LogP contribution in [0.1, 0.15) is 18.2 Å². The number of halogens is 1. The smallest absolute Gasteiger partial charge is 0.278 e. The lowest BCUT2D eigenvalue weighted by atomic mass is 10.0. The summed E-state index contributed by atoms with van der Waals surface area (Å²) in [6.45, 7) is 2.43. The van der Waals surface area contributed by atoms with Crippen LogP contribution in [0.3, 0.4) is 0 Å². The zero-order valence-corrected chi connectivity index (χ0v) is 17.6. The fraction of sp³-hybridized carbons (Fsp3) is 0.125. The molecule has 1 aromatic heterocycles. The number of para-hydroxylation sites is 2. The number of pyridine rings is 1. The van der Waals surface area contributed by atoms with Crippen LogP contribution in [0.25, 0.3) is 5.57 Å². The summed E-state index contributed by atoms with van der Waals surface area (Å²) in [6.07, 6.45) is 1.63. The Kier molecular flexibility index (Phi) is 6.00. The number of carbonyl (C=O) groups is 2. The maximum Gasteiger partial charge on any atom is 0.278 e. The highest BCUT2D eigenvalue weighted by molar-refractivity contribution is 6.36. The maximum absolute atomic E-state index is 13.3. The molecule has 3 aromatic rings. The van der Waals surface area contributed by atoms with Crippen molar-refractivity contribution in [2.75, 3.05) is 11.9 Å². The summed E-state index contributed by atoms with van der Waals surface area (Å²) in [5.74, 6) is -0.224. The fourth-order valence-electron chi connectivity index (χ4n) is 3.36. The molecule has 0 bridgehead atoms. The molecule has 0 saturated heterocycles. The lowest BCUT2D eigenvalue weighted by Gasteiger charge is -2.15. The molecule has 2 heterocycles. The highest BCUT2D eigenvalue weighted by atomic mass is 35.5. The zero-order valence-electron chi connectivity index (χ0n) is 16.8. The van der Waals surface area contributed by atoms with Crippen LogP contribution in [0.4, 0.5) is 5.69 Å². The Labute approximate surface area is 185 Å². The molecule has 0 spiro atoms.